The molecule has 0 amide bonds. The molecule has 0 N–H and O–H groups in total. The minimum absolute atomic E-state index is 0.360. The normalized spacial score (nSPS) is 11.7. The summed E-state index contributed by atoms with van der Waals surface area (Å²) in [4.78, 5) is 10.5. The van der Waals surface area contributed by atoms with Gasteiger partial charge in [-0.05, 0) is 18.7 Å². The van der Waals surface area contributed by atoms with Gasteiger partial charge in [0.05, 0.1) is 7.11 Å². The molecular weight excluding hydrogens is 138 g/mol. The SMILES string of the molecule is COC(=O)[C@@H](C)SC#N. The third-order valence-corrected chi connectivity index (χ3v) is 1.41. The van der Waals surface area contributed by atoms with Gasteiger partial charge in [-0.1, -0.05) is 0 Å². The van der Waals surface area contributed by atoms with Crippen LogP contribution in [0.4, 0.5) is 0 Å². The van der Waals surface area contributed by atoms with Gasteiger partial charge in [-0.2, -0.15) is 5.26 Å². The van der Waals surface area contributed by atoms with Crippen LogP contribution in [0.1, 0.15) is 6.92 Å². The molecule has 0 bridgehead atoms. The molecule has 0 aromatic rings. The first-order valence-electron chi connectivity index (χ1n) is 2.35. The van der Waals surface area contributed by atoms with Crippen molar-refractivity contribution in [3.05, 3.63) is 0 Å². The number of hydrogen-bond donors (Lipinski definition) is 0. The summed E-state index contributed by atoms with van der Waals surface area (Å²) in [6, 6.07) is 0. The third kappa shape index (κ3) is 2.98. The summed E-state index contributed by atoms with van der Waals surface area (Å²) in [5, 5.41) is 9.51. The van der Waals surface area contributed by atoms with Gasteiger partial charge in [-0.3, -0.25) is 4.79 Å². The molecule has 1 atom stereocenters. The van der Waals surface area contributed by atoms with Gasteiger partial charge in [0, 0.05) is 0 Å². The van der Waals surface area contributed by atoms with E-state index < -0.39 is 0 Å². The van der Waals surface area contributed by atoms with E-state index in [1.807, 2.05) is 0 Å². The monoisotopic (exact) mass is 145 g/mol. The van der Waals surface area contributed by atoms with E-state index in [1.54, 1.807) is 12.3 Å². The Bertz CT molecular complexity index is 140. The Balaban J connectivity index is 3.62. The Morgan fingerprint density at radius 2 is 2.44 bits per heavy atom. The second-order valence-electron chi connectivity index (χ2n) is 1.37. The van der Waals surface area contributed by atoms with Crippen molar-refractivity contribution in [2.24, 2.45) is 0 Å². The number of ether oxygens (including phenoxy) is 1. The lowest BCUT2D eigenvalue weighted by Gasteiger charge is -2.00. The summed E-state index contributed by atoms with van der Waals surface area (Å²) < 4.78 is 4.35. The quantitative estimate of drug-likeness (QED) is 0.425. The molecule has 0 spiro atoms. The van der Waals surface area contributed by atoms with Crippen molar-refractivity contribution in [2.75, 3.05) is 7.11 Å². The minimum atomic E-state index is -0.375. The maximum atomic E-state index is 10.5. The number of nitriles is 1. The number of nitrogens with zero attached hydrogens (tertiary/aromatic N) is 1. The maximum absolute atomic E-state index is 10.5. The number of esters is 1. The van der Waals surface area contributed by atoms with Crippen LogP contribution in [0.15, 0.2) is 0 Å². The van der Waals surface area contributed by atoms with Gasteiger partial charge in [0.2, 0.25) is 0 Å². The Hall–Kier alpha value is -0.690. The number of methoxy groups -OCH3 is 1. The highest BCUT2D eigenvalue weighted by atomic mass is 32.2. The van der Waals surface area contributed by atoms with Crippen LogP contribution < -0.4 is 0 Å². The Morgan fingerprint density at radius 3 is 2.78 bits per heavy atom. The molecule has 0 rings (SSSR count). The highest BCUT2D eigenvalue weighted by Crippen LogP contribution is 2.08. The maximum Gasteiger partial charge on any atom is 0.319 e. The van der Waals surface area contributed by atoms with Gasteiger partial charge in [0.25, 0.3) is 0 Å². The van der Waals surface area contributed by atoms with E-state index in [0.717, 1.165) is 11.8 Å². The van der Waals surface area contributed by atoms with Crippen molar-refractivity contribution < 1.29 is 9.53 Å². The largest absolute Gasteiger partial charge is 0.468 e. The zero-order chi connectivity index (χ0) is 7.28. The molecule has 0 unspecified atom stereocenters. The second kappa shape index (κ2) is 4.21. The van der Waals surface area contributed by atoms with Crippen LogP contribution in [0, 0.1) is 10.7 Å². The van der Waals surface area contributed by atoms with E-state index in [9.17, 15) is 4.79 Å². The smallest absolute Gasteiger partial charge is 0.319 e. The molecule has 0 radical (unpaired) electrons. The van der Waals surface area contributed by atoms with Crippen LogP contribution in [0.2, 0.25) is 0 Å². The summed E-state index contributed by atoms with van der Waals surface area (Å²) in [6.45, 7) is 1.62. The summed E-state index contributed by atoms with van der Waals surface area (Å²) in [6.07, 6.45) is 0. The summed E-state index contributed by atoms with van der Waals surface area (Å²) in [7, 11) is 1.30. The number of carbonyl (C=O) groups is 1. The first kappa shape index (κ1) is 8.31. The standard InChI is InChI=1S/C5H7NO2S/c1-4(9-3-6)5(7)8-2/h4H,1-2H3/t4-/m1/s1. The van der Waals surface area contributed by atoms with Crippen LogP contribution in [-0.2, 0) is 9.53 Å². The van der Waals surface area contributed by atoms with Crippen LogP contribution in [0.3, 0.4) is 0 Å². The molecule has 4 heteroatoms. The van der Waals surface area contributed by atoms with Crippen molar-refractivity contribution in [1.82, 2.24) is 0 Å². The number of hydrogen-bond acceptors (Lipinski definition) is 4. The predicted molar refractivity (Wildman–Crippen MR) is 34.7 cm³/mol. The predicted octanol–water partition coefficient (Wildman–Crippen LogP) is 0.762. The summed E-state index contributed by atoms with van der Waals surface area (Å²) >= 11 is 0.895. The fourth-order valence-electron chi connectivity index (χ4n) is 0.293. The number of thiocyanates is 1. The third-order valence-electron chi connectivity index (χ3n) is 0.763. The topological polar surface area (TPSA) is 50.1 Å². The zero-order valence-corrected chi connectivity index (χ0v) is 6.07. The Kier molecular flexibility index (Phi) is 3.89. The summed E-state index contributed by atoms with van der Waals surface area (Å²) in [5.41, 5.74) is 0. The van der Waals surface area contributed by atoms with Gasteiger partial charge in [0.15, 0.2) is 0 Å². The van der Waals surface area contributed by atoms with Gasteiger partial charge < -0.3 is 4.74 Å². The number of rotatable bonds is 2. The van der Waals surface area contributed by atoms with Crippen LogP contribution in [0.25, 0.3) is 0 Å². The van der Waals surface area contributed by atoms with Gasteiger partial charge in [-0.15, -0.1) is 0 Å². The van der Waals surface area contributed by atoms with Gasteiger partial charge in [-0.25, -0.2) is 0 Å². The molecule has 0 aliphatic carbocycles. The van der Waals surface area contributed by atoms with Crippen LogP contribution >= 0.6 is 11.8 Å². The lowest BCUT2D eigenvalue weighted by atomic mass is 10.5. The Morgan fingerprint density at radius 1 is 1.89 bits per heavy atom. The van der Waals surface area contributed by atoms with Crippen molar-refractivity contribution in [3.8, 4) is 5.40 Å². The van der Waals surface area contributed by atoms with Crippen molar-refractivity contribution in [1.29, 1.82) is 5.26 Å². The first-order valence-corrected chi connectivity index (χ1v) is 3.23. The molecule has 0 saturated heterocycles. The van der Waals surface area contributed by atoms with Crippen molar-refractivity contribution in [2.45, 2.75) is 12.2 Å². The van der Waals surface area contributed by atoms with E-state index in [4.69, 9.17) is 5.26 Å². The molecule has 0 aliphatic heterocycles. The molecule has 0 heterocycles. The second-order valence-corrected chi connectivity index (χ2v) is 2.50. The average molecular weight is 145 g/mol. The van der Waals surface area contributed by atoms with Gasteiger partial charge in [0.1, 0.15) is 10.7 Å². The fourth-order valence-corrected chi connectivity index (χ4v) is 0.644. The van der Waals surface area contributed by atoms with E-state index >= 15 is 0 Å². The zero-order valence-electron chi connectivity index (χ0n) is 5.25. The number of carbonyl (C=O) groups excluding carboxylic acids is 1. The minimum Gasteiger partial charge on any atom is -0.468 e. The van der Waals surface area contributed by atoms with Crippen molar-refractivity contribution >= 4 is 17.7 Å². The molecule has 9 heavy (non-hydrogen) atoms. The molecule has 0 aromatic carbocycles. The molecule has 3 nitrogen and oxygen atoms in total. The molecule has 50 valence electrons. The van der Waals surface area contributed by atoms with E-state index in [-0.39, 0.29) is 11.2 Å². The fraction of sp³-hybridized carbons (Fsp3) is 0.600. The van der Waals surface area contributed by atoms with Gasteiger partial charge >= 0.3 is 5.97 Å². The highest BCUT2D eigenvalue weighted by molar-refractivity contribution is 8.04. The molecule has 0 aliphatic rings. The van der Waals surface area contributed by atoms with Crippen LogP contribution in [-0.4, -0.2) is 18.3 Å². The van der Waals surface area contributed by atoms with E-state index in [2.05, 4.69) is 4.74 Å². The van der Waals surface area contributed by atoms with E-state index in [0.29, 0.717) is 0 Å². The molecular formula is C5H7NO2S. The summed E-state index contributed by atoms with van der Waals surface area (Å²) in [5.74, 6) is -0.360. The molecule has 0 fully saturated rings. The number of thioether (sulfide) groups is 1. The molecule has 0 aromatic heterocycles. The van der Waals surface area contributed by atoms with E-state index in [1.165, 1.54) is 7.11 Å². The average Bonchev–Trinajstić information content (AvgIpc) is 1.87. The first-order chi connectivity index (χ1) is 4.22. The lowest BCUT2D eigenvalue weighted by molar-refractivity contribution is -0.139. The molecule has 0 saturated carbocycles. The highest BCUT2D eigenvalue weighted by Gasteiger charge is 2.12. The lowest BCUT2D eigenvalue weighted by Crippen LogP contribution is -2.13. The van der Waals surface area contributed by atoms with Crippen LogP contribution in [0.5, 0.6) is 0 Å². The van der Waals surface area contributed by atoms with Crippen molar-refractivity contribution in [3.63, 3.8) is 0 Å². The Labute approximate surface area is 58.0 Å².